The van der Waals surface area contributed by atoms with Crippen molar-refractivity contribution in [2.45, 2.75) is 54.5 Å². The number of nitrogens with one attached hydrogen (secondary N) is 1. The lowest BCUT2D eigenvalue weighted by atomic mass is 9.86. The summed E-state index contributed by atoms with van der Waals surface area (Å²) in [5, 5.41) is 3.48. The second-order valence-corrected chi connectivity index (χ2v) is 7.21. The van der Waals surface area contributed by atoms with Crippen LogP contribution in [0.2, 0.25) is 0 Å². The maximum absolute atomic E-state index is 3.48. The molecule has 0 aromatic rings. The molecule has 0 amide bonds. The quantitative estimate of drug-likeness (QED) is 0.737. The van der Waals surface area contributed by atoms with Crippen LogP contribution in [0, 0.1) is 17.3 Å². The summed E-state index contributed by atoms with van der Waals surface area (Å²) in [6.45, 7) is 19.7. The Balaban J connectivity index is 4.48. The van der Waals surface area contributed by atoms with Gasteiger partial charge in [-0.25, -0.2) is 0 Å². The lowest BCUT2D eigenvalue weighted by molar-refractivity contribution is 0.153. The van der Waals surface area contributed by atoms with E-state index in [1.54, 1.807) is 0 Å². The van der Waals surface area contributed by atoms with E-state index in [0.717, 1.165) is 18.4 Å². The highest BCUT2D eigenvalue weighted by Crippen LogP contribution is 2.20. The third-order valence-electron chi connectivity index (χ3n) is 3.08. The lowest BCUT2D eigenvalue weighted by Crippen LogP contribution is -2.48. The second kappa shape index (κ2) is 7.38. The SMILES string of the molecule is CNC(CN(CC(C)C)CC(C)C)C(C)(C)C. The minimum Gasteiger partial charge on any atom is -0.315 e. The molecule has 0 bridgehead atoms. The van der Waals surface area contributed by atoms with Gasteiger partial charge in [-0.15, -0.1) is 0 Å². The number of hydrogen-bond donors (Lipinski definition) is 1. The van der Waals surface area contributed by atoms with Gasteiger partial charge in [0.1, 0.15) is 0 Å². The molecule has 1 unspecified atom stereocenters. The monoisotopic (exact) mass is 242 g/mol. The van der Waals surface area contributed by atoms with Gasteiger partial charge in [-0.05, 0) is 24.3 Å². The standard InChI is InChI=1S/C15H34N2/c1-12(2)9-17(10-13(3)4)11-14(16-8)15(5,6)7/h12-14,16H,9-11H2,1-8H3. The summed E-state index contributed by atoms with van der Waals surface area (Å²) in [6.07, 6.45) is 0. The van der Waals surface area contributed by atoms with Crippen LogP contribution in [0.25, 0.3) is 0 Å². The summed E-state index contributed by atoms with van der Waals surface area (Å²) < 4.78 is 0. The molecule has 0 aliphatic heterocycles. The van der Waals surface area contributed by atoms with Crippen LogP contribution in [0.3, 0.4) is 0 Å². The zero-order valence-electron chi connectivity index (χ0n) is 13.3. The van der Waals surface area contributed by atoms with Gasteiger partial charge in [-0.1, -0.05) is 48.5 Å². The molecule has 0 heterocycles. The van der Waals surface area contributed by atoms with Crippen LogP contribution >= 0.6 is 0 Å². The van der Waals surface area contributed by atoms with Crippen molar-refractivity contribution in [1.82, 2.24) is 10.2 Å². The van der Waals surface area contributed by atoms with Crippen LogP contribution in [0.5, 0.6) is 0 Å². The Hall–Kier alpha value is -0.0800. The normalized spacial score (nSPS) is 15.0. The molecule has 0 spiro atoms. The molecule has 1 N–H and O–H groups in total. The van der Waals surface area contributed by atoms with E-state index in [4.69, 9.17) is 0 Å². The summed E-state index contributed by atoms with van der Waals surface area (Å²) in [4.78, 5) is 2.61. The van der Waals surface area contributed by atoms with Gasteiger partial charge in [-0.3, -0.25) is 0 Å². The summed E-state index contributed by atoms with van der Waals surface area (Å²) >= 11 is 0. The minimum absolute atomic E-state index is 0.320. The van der Waals surface area contributed by atoms with E-state index in [0.29, 0.717) is 11.5 Å². The number of hydrogen-bond acceptors (Lipinski definition) is 2. The number of rotatable bonds is 7. The van der Waals surface area contributed by atoms with Crippen LogP contribution in [-0.2, 0) is 0 Å². The Labute approximate surface area is 109 Å². The van der Waals surface area contributed by atoms with E-state index in [-0.39, 0.29) is 0 Å². The van der Waals surface area contributed by atoms with Crippen LogP contribution < -0.4 is 5.32 Å². The molecule has 0 fully saturated rings. The smallest absolute Gasteiger partial charge is 0.0240 e. The zero-order chi connectivity index (χ0) is 13.6. The van der Waals surface area contributed by atoms with Crippen molar-refractivity contribution in [3.8, 4) is 0 Å². The first-order valence-corrected chi connectivity index (χ1v) is 7.06. The van der Waals surface area contributed by atoms with Gasteiger partial charge in [0.15, 0.2) is 0 Å². The Morgan fingerprint density at radius 2 is 1.29 bits per heavy atom. The van der Waals surface area contributed by atoms with Crippen molar-refractivity contribution in [2.75, 3.05) is 26.7 Å². The van der Waals surface area contributed by atoms with Crippen molar-refractivity contribution in [2.24, 2.45) is 17.3 Å². The molecule has 17 heavy (non-hydrogen) atoms. The molecule has 0 aliphatic rings. The number of likely N-dealkylation sites (N-methyl/N-ethyl adjacent to an activating group) is 1. The fraction of sp³-hybridized carbons (Fsp3) is 1.00. The van der Waals surface area contributed by atoms with Gasteiger partial charge in [0.25, 0.3) is 0 Å². The van der Waals surface area contributed by atoms with E-state index in [2.05, 4.69) is 65.7 Å². The highest BCUT2D eigenvalue weighted by molar-refractivity contribution is 4.83. The minimum atomic E-state index is 0.320. The zero-order valence-corrected chi connectivity index (χ0v) is 13.3. The Kier molecular flexibility index (Phi) is 7.34. The molecule has 104 valence electrons. The molecule has 0 rings (SSSR count). The average Bonchev–Trinajstić information content (AvgIpc) is 2.09. The van der Waals surface area contributed by atoms with Gasteiger partial charge >= 0.3 is 0 Å². The fourth-order valence-corrected chi connectivity index (χ4v) is 2.31. The lowest BCUT2D eigenvalue weighted by Gasteiger charge is -2.36. The van der Waals surface area contributed by atoms with Gasteiger partial charge in [0.2, 0.25) is 0 Å². The predicted octanol–water partition coefficient (Wildman–Crippen LogP) is 3.23. The van der Waals surface area contributed by atoms with Crippen molar-refractivity contribution in [3.05, 3.63) is 0 Å². The van der Waals surface area contributed by atoms with Crippen molar-refractivity contribution >= 4 is 0 Å². The van der Waals surface area contributed by atoms with E-state index in [1.165, 1.54) is 13.1 Å². The Bertz CT molecular complexity index is 182. The fourth-order valence-electron chi connectivity index (χ4n) is 2.31. The van der Waals surface area contributed by atoms with Crippen molar-refractivity contribution in [1.29, 1.82) is 0 Å². The molecule has 2 nitrogen and oxygen atoms in total. The third-order valence-corrected chi connectivity index (χ3v) is 3.08. The maximum Gasteiger partial charge on any atom is 0.0240 e. The van der Waals surface area contributed by atoms with E-state index >= 15 is 0 Å². The van der Waals surface area contributed by atoms with Crippen molar-refractivity contribution < 1.29 is 0 Å². The summed E-state index contributed by atoms with van der Waals surface area (Å²) in [5.74, 6) is 1.48. The topological polar surface area (TPSA) is 15.3 Å². The first kappa shape index (κ1) is 16.9. The average molecular weight is 242 g/mol. The Morgan fingerprint density at radius 3 is 1.53 bits per heavy atom. The Morgan fingerprint density at radius 1 is 0.882 bits per heavy atom. The van der Waals surface area contributed by atoms with Gasteiger partial charge < -0.3 is 10.2 Å². The molecule has 0 saturated carbocycles. The van der Waals surface area contributed by atoms with Crippen LogP contribution in [0.15, 0.2) is 0 Å². The second-order valence-electron chi connectivity index (χ2n) is 7.21. The first-order valence-electron chi connectivity index (χ1n) is 7.06. The van der Waals surface area contributed by atoms with Crippen LogP contribution in [0.4, 0.5) is 0 Å². The molecule has 0 aliphatic carbocycles. The van der Waals surface area contributed by atoms with Crippen LogP contribution in [0.1, 0.15) is 48.5 Å². The van der Waals surface area contributed by atoms with Crippen LogP contribution in [-0.4, -0.2) is 37.6 Å². The summed E-state index contributed by atoms with van der Waals surface area (Å²) in [6, 6.07) is 0.556. The first-order chi connectivity index (χ1) is 7.66. The molecular formula is C15H34N2. The maximum atomic E-state index is 3.48. The van der Waals surface area contributed by atoms with E-state index in [9.17, 15) is 0 Å². The molecule has 0 radical (unpaired) electrons. The molecule has 0 aromatic carbocycles. The van der Waals surface area contributed by atoms with Crippen molar-refractivity contribution in [3.63, 3.8) is 0 Å². The highest BCUT2D eigenvalue weighted by Gasteiger charge is 2.25. The highest BCUT2D eigenvalue weighted by atomic mass is 15.2. The molecule has 1 atom stereocenters. The molecule has 0 saturated heterocycles. The van der Waals surface area contributed by atoms with E-state index < -0.39 is 0 Å². The largest absolute Gasteiger partial charge is 0.315 e. The van der Waals surface area contributed by atoms with E-state index in [1.807, 2.05) is 0 Å². The van der Waals surface area contributed by atoms with Gasteiger partial charge in [0, 0.05) is 25.7 Å². The molecule has 0 aromatic heterocycles. The van der Waals surface area contributed by atoms with Gasteiger partial charge in [-0.2, -0.15) is 0 Å². The molecular weight excluding hydrogens is 208 g/mol. The summed E-state index contributed by atoms with van der Waals surface area (Å²) in [7, 11) is 2.08. The third kappa shape index (κ3) is 7.77. The van der Waals surface area contributed by atoms with Gasteiger partial charge in [0.05, 0.1) is 0 Å². The summed E-state index contributed by atoms with van der Waals surface area (Å²) in [5.41, 5.74) is 0.320. The molecule has 2 heteroatoms. The number of nitrogens with zero attached hydrogens (tertiary/aromatic N) is 1. The predicted molar refractivity (Wildman–Crippen MR) is 78.4 cm³/mol.